The molecule has 2 N–H and O–H groups in total. The predicted molar refractivity (Wildman–Crippen MR) is 109 cm³/mol. The number of anilines is 2. The summed E-state index contributed by atoms with van der Waals surface area (Å²) < 4.78 is 4.99. The molecule has 2 amide bonds. The van der Waals surface area contributed by atoms with Gasteiger partial charge in [0.05, 0.1) is 41.7 Å². The average Bonchev–Trinajstić information content (AvgIpc) is 2.64. The molecule has 0 aliphatic rings. The summed E-state index contributed by atoms with van der Waals surface area (Å²) in [5, 5.41) is 5.81. The predicted octanol–water partition coefficient (Wildman–Crippen LogP) is 3.03. The highest BCUT2D eigenvalue weighted by molar-refractivity contribution is 6.33. The monoisotopic (exact) mass is 403 g/mol. The van der Waals surface area contributed by atoms with Crippen molar-refractivity contribution >= 4 is 40.8 Å². The van der Waals surface area contributed by atoms with Crippen molar-refractivity contribution in [2.75, 3.05) is 37.4 Å². The first kappa shape index (κ1) is 21.4. The molecule has 2 aromatic rings. The van der Waals surface area contributed by atoms with Gasteiger partial charge in [0.25, 0.3) is 0 Å². The Morgan fingerprint density at radius 1 is 0.929 bits per heavy atom. The topological polar surface area (TPSA) is 87.7 Å². The van der Waals surface area contributed by atoms with Gasteiger partial charge in [0.2, 0.25) is 11.8 Å². The lowest BCUT2D eigenvalue weighted by atomic mass is 10.2. The zero-order valence-electron chi connectivity index (χ0n) is 15.7. The van der Waals surface area contributed by atoms with Gasteiger partial charge in [-0.1, -0.05) is 35.9 Å². The van der Waals surface area contributed by atoms with E-state index in [4.69, 9.17) is 16.3 Å². The molecule has 0 atom stereocenters. The first-order valence-electron chi connectivity index (χ1n) is 8.69. The zero-order chi connectivity index (χ0) is 20.5. The van der Waals surface area contributed by atoms with Crippen molar-refractivity contribution in [3.8, 4) is 0 Å². The Bertz CT molecular complexity index is 857. The maximum Gasteiger partial charge on any atom is 0.340 e. The number of likely N-dealkylation sites (N-methyl/N-ethyl adjacent to an activating group) is 1. The summed E-state index contributed by atoms with van der Waals surface area (Å²) >= 11 is 6.01. The number of ether oxygens (including phenoxy) is 1. The highest BCUT2D eigenvalue weighted by Gasteiger charge is 2.16. The number of para-hydroxylation sites is 2. The molecule has 0 aliphatic carbocycles. The summed E-state index contributed by atoms with van der Waals surface area (Å²) in [6.07, 6.45) is 0. The van der Waals surface area contributed by atoms with E-state index in [9.17, 15) is 14.4 Å². The maximum atomic E-state index is 12.3. The Hall–Kier alpha value is -2.90. The van der Waals surface area contributed by atoms with Crippen LogP contribution in [0.15, 0.2) is 48.5 Å². The van der Waals surface area contributed by atoms with Gasteiger partial charge >= 0.3 is 5.97 Å². The Labute approximate surface area is 168 Å². The van der Waals surface area contributed by atoms with Crippen LogP contribution in [0.5, 0.6) is 0 Å². The summed E-state index contributed by atoms with van der Waals surface area (Å²) in [5.41, 5.74) is 1.15. The molecule has 0 heterocycles. The standard InChI is InChI=1S/C20H22ClN3O4/c1-3-28-20(27)14-8-4-6-10-16(14)22-18(25)12-24(2)13-19(26)23-17-11-7-5-9-15(17)21/h4-11H,3,12-13H2,1-2H3,(H,22,25)(H,23,26). The normalized spacial score (nSPS) is 10.4. The zero-order valence-corrected chi connectivity index (χ0v) is 16.5. The average molecular weight is 404 g/mol. The molecule has 0 aromatic heterocycles. The molecule has 148 valence electrons. The number of esters is 1. The summed E-state index contributed by atoms with van der Waals surface area (Å²) in [4.78, 5) is 37.9. The third kappa shape index (κ3) is 6.37. The van der Waals surface area contributed by atoms with Crippen LogP contribution in [-0.2, 0) is 14.3 Å². The molecule has 8 heteroatoms. The quantitative estimate of drug-likeness (QED) is 0.661. The van der Waals surface area contributed by atoms with Crippen LogP contribution >= 0.6 is 11.6 Å². The number of nitrogens with one attached hydrogen (secondary N) is 2. The van der Waals surface area contributed by atoms with Gasteiger partial charge < -0.3 is 15.4 Å². The summed E-state index contributed by atoms with van der Waals surface area (Å²) in [7, 11) is 1.64. The second-order valence-corrected chi connectivity index (χ2v) is 6.42. The van der Waals surface area contributed by atoms with Crippen LogP contribution in [0.4, 0.5) is 11.4 Å². The summed E-state index contributed by atoms with van der Waals surface area (Å²) in [6, 6.07) is 13.5. The van der Waals surface area contributed by atoms with E-state index in [0.717, 1.165) is 0 Å². The van der Waals surface area contributed by atoms with E-state index in [-0.39, 0.29) is 37.1 Å². The second kappa shape index (κ2) is 10.4. The molecule has 2 rings (SSSR count). The first-order valence-corrected chi connectivity index (χ1v) is 9.07. The third-order valence-corrected chi connectivity index (χ3v) is 4.00. The molecule has 0 bridgehead atoms. The van der Waals surface area contributed by atoms with E-state index in [1.807, 2.05) is 0 Å². The minimum Gasteiger partial charge on any atom is -0.462 e. The maximum absolute atomic E-state index is 12.3. The Balaban J connectivity index is 1.90. The number of nitrogens with zero attached hydrogens (tertiary/aromatic N) is 1. The van der Waals surface area contributed by atoms with Crippen molar-refractivity contribution in [1.82, 2.24) is 4.90 Å². The number of carbonyl (C=O) groups is 3. The van der Waals surface area contributed by atoms with Gasteiger partial charge in [0.1, 0.15) is 0 Å². The minimum atomic E-state index is -0.508. The molecule has 0 aliphatic heterocycles. The number of amides is 2. The largest absolute Gasteiger partial charge is 0.462 e. The van der Waals surface area contributed by atoms with E-state index in [0.29, 0.717) is 16.4 Å². The highest BCUT2D eigenvalue weighted by atomic mass is 35.5. The number of halogens is 1. The fraction of sp³-hybridized carbons (Fsp3) is 0.250. The number of benzene rings is 2. The lowest BCUT2D eigenvalue weighted by Crippen LogP contribution is -2.36. The molecule has 0 saturated heterocycles. The second-order valence-electron chi connectivity index (χ2n) is 6.01. The van der Waals surface area contributed by atoms with Gasteiger partial charge in [-0.25, -0.2) is 4.79 Å². The fourth-order valence-corrected chi connectivity index (χ4v) is 2.65. The van der Waals surface area contributed by atoms with Crippen LogP contribution in [0, 0.1) is 0 Å². The SMILES string of the molecule is CCOC(=O)c1ccccc1NC(=O)CN(C)CC(=O)Nc1ccccc1Cl. The van der Waals surface area contributed by atoms with Crippen LogP contribution in [-0.4, -0.2) is 49.4 Å². The Morgan fingerprint density at radius 3 is 2.07 bits per heavy atom. The lowest BCUT2D eigenvalue weighted by molar-refractivity contribution is -0.119. The number of rotatable bonds is 8. The van der Waals surface area contributed by atoms with Crippen LogP contribution in [0.1, 0.15) is 17.3 Å². The van der Waals surface area contributed by atoms with Crippen molar-refractivity contribution in [3.63, 3.8) is 0 Å². The Kier molecular flexibility index (Phi) is 7.98. The van der Waals surface area contributed by atoms with E-state index in [2.05, 4.69) is 10.6 Å². The van der Waals surface area contributed by atoms with Gasteiger partial charge in [-0.3, -0.25) is 14.5 Å². The van der Waals surface area contributed by atoms with Crippen LogP contribution in [0.25, 0.3) is 0 Å². The first-order chi connectivity index (χ1) is 13.4. The molecule has 7 nitrogen and oxygen atoms in total. The molecule has 0 spiro atoms. The Morgan fingerprint density at radius 2 is 1.46 bits per heavy atom. The highest BCUT2D eigenvalue weighted by Crippen LogP contribution is 2.20. The molecule has 0 saturated carbocycles. The van der Waals surface area contributed by atoms with Crippen molar-refractivity contribution in [2.45, 2.75) is 6.92 Å². The van der Waals surface area contributed by atoms with Gasteiger partial charge in [-0.05, 0) is 38.2 Å². The molecular weight excluding hydrogens is 382 g/mol. The van der Waals surface area contributed by atoms with Crippen molar-refractivity contribution in [2.24, 2.45) is 0 Å². The van der Waals surface area contributed by atoms with Crippen molar-refractivity contribution in [1.29, 1.82) is 0 Å². The summed E-state index contributed by atoms with van der Waals surface area (Å²) in [5.74, 6) is -1.16. The molecule has 28 heavy (non-hydrogen) atoms. The number of hydrogen-bond acceptors (Lipinski definition) is 5. The van der Waals surface area contributed by atoms with Gasteiger partial charge in [-0.2, -0.15) is 0 Å². The number of hydrogen-bond donors (Lipinski definition) is 2. The van der Waals surface area contributed by atoms with Crippen LogP contribution in [0.2, 0.25) is 5.02 Å². The number of carbonyl (C=O) groups excluding carboxylic acids is 3. The molecule has 0 unspecified atom stereocenters. The van der Waals surface area contributed by atoms with E-state index in [1.165, 1.54) is 0 Å². The van der Waals surface area contributed by atoms with Gasteiger partial charge in [0.15, 0.2) is 0 Å². The van der Waals surface area contributed by atoms with E-state index in [1.54, 1.807) is 67.4 Å². The van der Waals surface area contributed by atoms with Crippen molar-refractivity contribution < 1.29 is 19.1 Å². The minimum absolute atomic E-state index is 0.00182. The third-order valence-electron chi connectivity index (χ3n) is 3.67. The fourth-order valence-electron chi connectivity index (χ4n) is 2.47. The molecule has 0 fully saturated rings. The van der Waals surface area contributed by atoms with Crippen LogP contribution in [0.3, 0.4) is 0 Å². The molecule has 2 aromatic carbocycles. The van der Waals surface area contributed by atoms with Crippen LogP contribution < -0.4 is 10.6 Å². The van der Waals surface area contributed by atoms with E-state index >= 15 is 0 Å². The van der Waals surface area contributed by atoms with Gasteiger partial charge in [-0.15, -0.1) is 0 Å². The smallest absolute Gasteiger partial charge is 0.340 e. The molecular formula is C20H22ClN3O4. The van der Waals surface area contributed by atoms with E-state index < -0.39 is 5.97 Å². The van der Waals surface area contributed by atoms with Gasteiger partial charge in [0, 0.05) is 0 Å². The lowest BCUT2D eigenvalue weighted by Gasteiger charge is -2.17. The summed E-state index contributed by atoms with van der Waals surface area (Å²) in [6.45, 7) is 1.91. The van der Waals surface area contributed by atoms with Crippen molar-refractivity contribution in [3.05, 3.63) is 59.1 Å². The molecule has 0 radical (unpaired) electrons.